The molecule has 190 valence electrons. The number of aromatic nitrogens is 4. The Kier molecular flexibility index (Phi) is 4.92. The third kappa shape index (κ3) is 3.26. The molecular weight excluding hydrogens is 488 g/mol. The summed E-state index contributed by atoms with van der Waals surface area (Å²) in [6.07, 6.45) is 0. The predicted octanol–water partition coefficient (Wildman–Crippen LogP) is 8.95. The van der Waals surface area contributed by atoms with E-state index in [1.165, 1.54) is 32.7 Å². The fraction of sp³-hybridized carbons (Fsp3) is 0.0556. The van der Waals surface area contributed by atoms with E-state index in [1.807, 2.05) is 12.1 Å². The molecule has 4 heteroatoms. The van der Waals surface area contributed by atoms with Crippen LogP contribution in [0, 0.1) is 13.8 Å². The Morgan fingerprint density at radius 1 is 0.450 bits per heavy atom. The van der Waals surface area contributed by atoms with Gasteiger partial charge >= 0.3 is 0 Å². The fourth-order valence-electron chi connectivity index (χ4n) is 6.34. The lowest BCUT2D eigenvalue weighted by molar-refractivity contribution is 1.01. The first-order chi connectivity index (χ1) is 19.7. The topological polar surface area (TPSA) is 35.6 Å². The zero-order chi connectivity index (χ0) is 26.8. The minimum atomic E-state index is 0.972. The number of aryl methyl sites for hydroxylation is 2. The van der Waals surface area contributed by atoms with E-state index in [4.69, 9.17) is 9.97 Å². The second-order valence-corrected chi connectivity index (χ2v) is 10.3. The maximum Gasteiger partial charge on any atom is 0.111 e. The van der Waals surface area contributed by atoms with Crippen molar-refractivity contribution in [3.63, 3.8) is 0 Å². The molecule has 0 saturated heterocycles. The Morgan fingerprint density at radius 3 is 1.45 bits per heavy atom. The van der Waals surface area contributed by atoms with Gasteiger partial charge in [0.1, 0.15) is 11.6 Å². The van der Waals surface area contributed by atoms with Crippen molar-refractivity contribution in [3.8, 4) is 22.5 Å². The Hall–Kier alpha value is -5.22. The smallest absolute Gasteiger partial charge is 0.111 e. The molecule has 0 aliphatic rings. The van der Waals surface area contributed by atoms with Crippen LogP contribution in [-0.4, -0.2) is 19.1 Å². The van der Waals surface area contributed by atoms with Gasteiger partial charge in [0.15, 0.2) is 0 Å². The Balaban J connectivity index is 1.56. The predicted molar refractivity (Wildman–Crippen MR) is 166 cm³/mol. The molecule has 0 fully saturated rings. The Bertz CT molecular complexity index is 2100. The highest BCUT2D eigenvalue weighted by molar-refractivity contribution is 6.16. The summed E-state index contributed by atoms with van der Waals surface area (Å²) in [5, 5.41) is 4.82. The van der Waals surface area contributed by atoms with Crippen molar-refractivity contribution in [2.75, 3.05) is 0 Å². The third-order valence-corrected chi connectivity index (χ3v) is 7.99. The molecule has 0 amide bonds. The molecule has 6 aromatic carbocycles. The highest BCUT2D eigenvalue weighted by Crippen LogP contribution is 2.41. The van der Waals surface area contributed by atoms with Gasteiger partial charge in [0.25, 0.3) is 0 Å². The SMILES string of the molecule is Cc1nc2ccccc2n1-c1cccc2c(-c3ccccc3)c3cccc(-n4c(C)nc5ccccc54)c3cc12. The fourth-order valence-corrected chi connectivity index (χ4v) is 6.34. The molecule has 8 aromatic rings. The van der Waals surface area contributed by atoms with Gasteiger partial charge in [0.05, 0.1) is 33.4 Å². The number of imidazole rings is 2. The molecule has 0 unspecified atom stereocenters. The van der Waals surface area contributed by atoms with Crippen molar-refractivity contribution in [1.82, 2.24) is 19.1 Å². The van der Waals surface area contributed by atoms with Crippen molar-refractivity contribution >= 4 is 43.6 Å². The number of fused-ring (bicyclic) bond motifs is 4. The third-order valence-electron chi connectivity index (χ3n) is 7.99. The van der Waals surface area contributed by atoms with Gasteiger partial charge in [-0.2, -0.15) is 0 Å². The van der Waals surface area contributed by atoms with Crippen molar-refractivity contribution in [2.24, 2.45) is 0 Å². The van der Waals surface area contributed by atoms with E-state index in [2.05, 4.69) is 132 Å². The van der Waals surface area contributed by atoms with E-state index in [-0.39, 0.29) is 0 Å². The van der Waals surface area contributed by atoms with Crippen LogP contribution in [0.5, 0.6) is 0 Å². The summed E-state index contributed by atoms with van der Waals surface area (Å²) in [5.74, 6) is 1.94. The maximum absolute atomic E-state index is 4.89. The average molecular weight is 515 g/mol. The zero-order valence-electron chi connectivity index (χ0n) is 22.3. The molecule has 4 nitrogen and oxygen atoms in total. The number of rotatable bonds is 3. The molecule has 40 heavy (non-hydrogen) atoms. The van der Waals surface area contributed by atoms with Crippen LogP contribution in [-0.2, 0) is 0 Å². The second-order valence-electron chi connectivity index (χ2n) is 10.3. The molecule has 0 radical (unpaired) electrons. The summed E-state index contributed by atoms with van der Waals surface area (Å²) in [6.45, 7) is 4.18. The molecule has 2 heterocycles. The van der Waals surface area contributed by atoms with Crippen LogP contribution in [0.25, 0.3) is 66.1 Å². The highest BCUT2D eigenvalue weighted by atomic mass is 15.1. The summed E-state index contributed by atoms with van der Waals surface area (Å²) in [4.78, 5) is 9.79. The monoisotopic (exact) mass is 514 g/mol. The van der Waals surface area contributed by atoms with Crippen LogP contribution < -0.4 is 0 Å². The van der Waals surface area contributed by atoms with Crippen LogP contribution in [0.1, 0.15) is 11.6 Å². The standard InChI is InChI=1S/C36H26N4/c1-23-37-30-16-6-8-18-34(30)39(23)32-20-10-14-26-28(32)22-29-27(36(26)25-12-4-3-5-13-25)15-11-21-33(29)40-24(2)38-31-17-7-9-19-35(31)40/h3-22H,1-2H3. The lowest BCUT2D eigenvalue weighted by Crippen LogP contribution is -2.01. The van der Waals surface area contributed by atoms with Gasteiger partial charge in [0, 0.05) is 10.8 Å². The van der Waals surface area contributed by atoms with Crippen LogP contribution in [0.15, 0.2) is 121 Å². The van der Waals surface area contributed by atoms with Gasteiger partial charge in [-0.25, -0.2) is 9.97 Å². The molecule has 0 N–H and O–H groups in total. The van der Waals surface area contributed by atoms with E-state index in [0.29, 0.717) is 0 Å². The first-order valence-corrected chi connectivity index (χ1v) is 13.6. The molecule has 0 bridgehead atoms. The highest BCUT2D eigenvalue weighted by Gasteiger charge is 2.19. The molecular formula is C36H26N4. The largest absolute Gasteiger partial charge is 0.296 e. The van der Waals surface area contributed by atoms with Crippen molar-refractivity contribution in [1.29, 1.82) is 0 Å². The average Bonchev–Trinajstić information content (AvgIpc) is 3.50. The van der Waals surface area contributed by atoms with Crippen LogP contribution in [0.3, 0.4) is 0 Å². The van der Waals surface area contributed by atoms with E-state index < -0.39 is 0 Å². The van der Waals surface area contributed by atoms with Crippen molar-refractivity contribution in [2.45, 2.75) is 13.8 Å². The minimum absolute atomic E-state index is 0.972. The molecule has 2 aromatic heterocycles. The Labute approximate surface area is 231 Å². The number of nitrogens with zero attached hydrogens (tertiary/aromatic N) is 4. The summed E-state index contributed by atoms with van der Waals surface area (Å²) in [6, 6.07) is 43.1. The van der Waals surface area contributed by atoms with E-state index in [0.717, 1.165) is 45.1 Å². The summed E-state index contributed by atoms with van der Waals surface area (Å²) in [5.41, 5.74) is 8.92. The van der Waals surface area contributed by atoms with Gasteiger partial charge in [-0.1, -0.05) is 78.9 Å². The number of hydrogen-bond donors (Lipinski definition) is 0. The molecule has 8 rings (SSSR count). The number of para-hydroxylation sites is 4. The van der Waals surface area contributed by atoms with E-state index in [9.17, 15) is 0 Å². The van der Waals surface area contributed by atoms with E-state index in [1.54, 1.807) is 0 Å². The quantitative estimate of drug-likeness (QED) is 0.221. The van der Waals surface area contributed by atoms with Gasteiger partial charge < -0.3 is 0 Å². The van der Waals surface area contributed by atoms with Crippen LogP contribution in [0.2, 0.25) is 0 Å². The summed E-state index contributed by atoms with van der Waals surface area (Å²) < 4.78 is 4.58. The Morgan fingerprint density at radius 2 is 0.925 bits per heavy atom. The minimum Gasteiger partial charge on any atom is -0.296 e. The van der Waals surface area contributed by atoms with E-state index >= 15 is 0 Å². The molecule has 0 saturated carbocycles. The summed E-state index contributed by atoms with van der Waals surface area (Å²) in [7, 11) is 0. The summed E-state index contributed by atoms with van der Waals surface area (Å²) >= 11 is 0. The van der Waals surface area contributed by atoms with Gasteiger partial charge in [-0.3, -0.25) is 9.13 Å². The number of hydrogen-bond acceptors (Lipinski definition) is 2. The van der Waals surface area contributed by atoms with Crippen molar-refractivity contribution < 1.29 is 0 Å². The normalized spacial score (nSPS) is 11.8. The first kappa shape index (κ1) is 22.7. The maximum atomic E-state index is 4.89. The van der Waals surface area contributed by atoms with Crippen LogP contribution >= 0.6 is 0 Å². The lowest BCUT2D eigenvalue weighted by atomic mass is 9.90. The van der Waals surface area contributed by atoms with Gasteiger partial charge in [0.2, 0.25) is 0 Å². The molecule has 0 atom stereocenters. The molecule has 0 aliphatic carbocycles. The second kappa shape index (κ2) is 8.65. The van der Waals surface area contributed by atoms with Gasteiger partial charge in [-0.15, -0.1) is 0 Å². The molecule has 0 spiro atoms. The van der Waals surface area contributed by atoms with Gasteiger partial charge in [-0.05, 0) is 78.2 Å². The lowest BCUT2D eigenvalue weighted by Gasteiger charge is -2.19. The number of benzene rings is 6. The zero-order valence-corrected chi connectivity index (χ0v) is 22.3. The molecule has 0 aliphatic heterocycles. The first-order valence-electron chi connectivity index (χ1n) is 13.6. The van der Waals surface area contributed by atoms with Crippen LogP contribution in [0.4, 0.5) is 0 Å². The van der Waals surface area contributed by atoms with Crippen molar-refractivity contribution in [3.05, 3.63) is 133 Å².